The van der Waals surface area contributed by atoms with Crippen molar-refractivity contribution in [1.29, 1.82) is 0 Å². The number of alkyl halides is 6. The maximum atomic E-state index is 14.4. The molecule has 0 aliphatic heterocycles. The molecule has 0 heterocycles. The monoisotopic (exact) mass is 1650 g/mol. The second-order valence-corrected chi connectivity index (χ2v) is 35.1. The van der Waals surface area contributed by atoms with Crippen LogP contribution < -0.4 is 41.9 Å². The topological polar surface area (TPSA) is 141 Å². The smallest absolute Gasteiger partial charge is 0.420 e. The number of nitrogen functional groups attached to an aromatic ring is 4. The van der Waals surface area contributed by atoms with E-state index < -0.39 is 34.3 Å². The van der Waals surface area contributed by atoms with Gasteiger partial charge in [0.15, 0.2) is 0 Å². The van der Waals surface area contributed by atoms with Crippen molar-refractivity contribution in [2.24, 2.45) is 0 Å². The zero-order valence-electron chi connectivity index (χ0n) is 73.3. The highest BCUT2D eigenvalue weighted by Crippen LogP contribution is 2.61. The van der Waals surface area contributed by atoms with Crippen LogP contribution in [0.15, 0.2) is 218 Å². The Hall–Kier alpha value is -11.4. The van der Waals surface area contributed by atoms with E-state index in [0.29, 0.717) is 62.9 Å². The highest BCUT2D eigenvalue weighted by atomic mass is 19.4. The largest absolute Gasteiger partial charge is 0.456 e. The Morgan fingerprint density at radius 3 is 0.607 bits per heavy atom. The van der Waals surface area contributed by atoms with Gasteiger partial charge in [-0.25, -0.2) is 0 Å². The third-order valence-corrected chi connectivity index (χ3v) is 23.9. The minimum absolute atomic E-state index is 0.0198. The minimum Gasteiger partial charge on any atom is -0.456 e. The van der Waals surface area contributed by atoms with E-state index in [9.17, 15) is 26.3 Å². The Morgan fingerprint density at radius 1 is 0.246 bits per heavy atom. The van der Waals surface area contributed by atoms with Gasteiger partial charge in [0.2, 0.25) is 0 Å². The Balaban J connectivity index is 0.000000210. The molecule has 0 saturated heterocycles. The standard InChI is InChI=1S/C57H68N2O2.C51H50F6N2O2/c1-11-19-37-31-41(32-38(20-12-2)53(37)60-51-29-27-43(58)35-49(51)55(5,6)7)57(47-25-17-15-23-45(47)46-24-16-18-26-48(46)57)42-33-39(21-13-3)54(40(34-42)22-14-4)61-52-30-28-44(59)36-50(52)56(8,9)10;1-5-13-31-25-35(26-32(14-6-2)47(31)60-45-23-21-37(58)29-43(45)50(52,53)54)49(41-19-11-9-17-39(41)40-18-10-12-20-42(40)49)36-27-33(15-7-3)48(34(28-36)16-8-4)61-46-24-22-38(59)30-44(46)51(55,56)57/h15-18,23-36H,11-14,19-22,58-59H2,1-10H3;9-12,17-30H,5-8,13-16,58-59H2,1-4H3. The second-order valence-electron chi connectivity index (χ2n) is 35.1. The molecule has 8 N–H and O–H groups in total. The summed E-state index contributed by atoms with van der Waals surface area (Å²) in [5.74, 6) is 3.84. The van der Waals surface area contributed by atoms with Crippen LogP contribution in [0.25, 0.3) is 22.3 Å². The summed E-state index contributed by atoms with van der Waals surface area (Å²) in [6.45, 7) is 30.5. The van der Waals surface area contributed by atoms with Gasteiger partial charge in [-0.3, -0.25) is 0 Å². The van der Waals surface area contributed by atoms with Crippen LogP contribution in [0.2, 0.25) is 0 Å². The van der Waals surface area contributed by atoms with Gasteiger partial charge in [0.25, 0.3) is 0 Å². The lowest BCUT2D eigenvalue weighted by Crippen LogP contribution is -2.30. The van der Waals surface area contributed by atoms with E-state index in [2.05, 4.69) is 215 Å². The molecule has 12 aromatic rings. The molecular formula is C108H118F6N4O4. The SMILES string of the molecule is CCCc1cc(C2(c3cc(CCC)c(Oc4ccc(N)cc4C(C)(C)C)c(CCC)c3)c3ccccc3-c3ccccc32)cc(CCC)c1Oc1ccc(N)cc1C(C)(C)C.CCCc1cc(C2(c3cc(CCC)c(Oc4ccc(N)cc4C(F)(F)F)c(CCC)c3)c3ccccc3-c3ccccc32)cc(CCC)c1Oc1ccc(N)cc1C(F)(F)F. The quantitative estimate of drug-likeness (QED) is 0.0281. The summed E-state index contributed by atoms with van der Waals surface area (Å²) >= 11 is 0. The average molecular weight is 1650 g/mol. The van der Waals surface area contributed by atoms with E-state index in [-0.39, 0.29) is 33.7 Å². The predicted molar refractivity (Wildman–Crippen MR) is 491 cm³/mol. The zero-order chi connectivity index (χ0) is 87.4. The first-order valence-corrected chi connectivity index (χ1v) is 43.8. The van der Waals surface area contributed by atoms with Crippen LogP contribution in [0, 0.1) is 0 Å². The Bertz CT molecular complexity index is 4990. The molecule has 2 aliphatic carbocycles. The van der Waals surface area contributed by atoms with Crippen molar-refractivity contribution in [3.8, 4) is 68.2 Å². The van der Waals surface area contributed by atoms with Crippen LogP contribution in [0.3, 0.4) is 0 Å². The van der Waals surface area contributed by atoms with E-state index in [1.54, 1.807) is 0 Å². The molecule has 14 rings (SSSR count). The van der Waals surface area contributed by atoms with Gasteiger partial charge >= 0.3 is 12.4 Å². The number of nitrogens with two attached hydrogens (primary N) is 4. The van der Waals surface area contributed by atoms with Gasteiger partial charge in [-0.2, -0.15) is 26.3 Å². The van der Waals surface area contributed by atoms with Gasteiger partial charge < -0.3 is 41.9 Å². The summed E-state index contributed by atoms with van der Waals surface area (Å²) < 4.78 is 114. The van der Waals surface area contributed by atoms with E-state index in [1.807, 2.05) is 64.1 Å². The summed E-state index contributed by atoms with van der Waals surface area (Å²) in [4.78, 5) is 0. The number of halogens is 6. The molecule has 0 bridgehead atoms. The number of fused-ring (bicyclic) bond motifs is 6. The lowest BCUT2D eigenvalue weighted by Gasteiger charge is -2.36. The maximum Gasteiger partial charge on any atom is 0.420 e. The van der Waals surface area contributed by atoms with Crippen molar-refractivity contribution in [3.05, 3.63) is 330 Å². The molecule has 122 heavy (non-hydrogen) atoms. The van der Waals surface area contributed by atoms with Gasteiger partial charge in [-0.05, 0) is 246 Å². The summed E-state index contributed by atoms with van der Waals surface area (Å²) in [6, 6.07) is 72.3. The molecule has 8 nitrogen and oxygen atoms in total. The lowest BCUT2D eigenvalue weighted by molar-refractivity contribution is -0.139. The number of ether oxygens (including phenoxy) is 4. The summed E-state index contributed by atoms with van der Waals surface area (Å²) in [7, 11) is 0. The molecule has 636 valence electrons. The summed E-state index contributed by atoms with van der Waals surface area (Å²) in [6.07, 6.45) is 3.01. The van der Waals surface area contributed by atoms with E-state index in [1.165, 1.54) is 79.9 Å². The molecule has 0 aromatic heterocycles. The van der Waals surface area contributed by atoms with Crippen LogP contribution in [0.4, 0.5) is 49.1 Å². The van der Waals surface area contributed by atoms with Crippen molar-refractivity contribution in [2.45, 2.75) is 234 Å². The van der Waals surface area contributed by atoms with Crippen molar-refractivity contribution in [1.82, 2.24) is 0 Å². The third-order valence-electron chi connectivity index (χ3n) is 23.9. The Morgan fingerprint density at radius 2 is 0.426 bits per heavy atom. The number of benzene rings is 12. The number of anilines is 4. The number of aryl methyl sites for hydroxylation is 8. The minimum atomic E-state index is -4.70. The fourth-order valence-electron chi connectivity index (χ4n) is 18.7. The first-order valence-electron chi connectivity index (χ1n) is 43.8. The first kappa shape index (κ1) is 88.4. The van der Waals surface area contributed by atoms with Gasteiger partial charge in [-0.1, -0.05) is 294 Å². The van der Waals surface area contributed by atoms with Crippen LogP contribution in [-0.2, 0) is 85.4 Å². The van der Waals surface area contributed by atoms with Gasteiger partial charge in [-0.15, -0.1) is 0 Å². The van der Waals surface area contributed by atoms with Crippen molar-refractivity contribution < 1.29 is 45.3 Å². The van der Waals surface area contributed by atoms with Crippen molar-refractivity contribution in [3.63, 3.8) is 0 Å². The van der Waals surface area contributed by atoms with Crippen LogP contribution >= 0.6 is 0 Å². The van der Waals surface area contributed by atoms with Gasteiger partial charge in [0.1, 0.15) is 57.1 Å². The Kier molecular flexibility index (Phi) is 26.3. The lowest BCUT2D eigenvalue weighted by atomic mass is 9.66. The normalized spacial score (nSPS) is 13.2. The predicted octanol–water partition coefficient (Wildman–Crippen LogP) is 29.9. The zero-order valence-corrected chi connectivity index (χ0v) is 73.3. The van der Waals surface area contributed by atoms with E-state index in [0.717, 1.165) is 165 Å². The van der Waals surface area contributed by atoms with E-state index >= 15 is 0 Å². The molecule has 0 fully saturated rings. The van der Waals surface area contributed by atoms with Gasteiger partial charge in [0, 0.05) is 33.9 Å². The summed E-state index contributed by atoms with van der Waals surface area (Å²) in [5, 5.41) is 0. The van der Waals surface area contributed by atoms with Crippen LogP contribution in [0.1, 0.15) is 260 Å². The second kappa shape index (κ2) is 36.4. The van der Waals surface area contributed by atoms with E-state index in [4.69, 9.17) is 41.9 Å². The van der Waals surface area contributed by atoms with Gasteiger partial charge in [0.05, 0.1) is 10.8 Å². The molecule has 14 heteroatoms. The fraction of sp³-hybridized carbons (Fsp3) is 0.333. The molecule has 0 spiro atoms. The molecular weight excluding hydrogens is 1530 g/mol. The van der Waals surface area contributed by atoms with Crippen LogP contribution in [-0.4, -0.2) is 0 Å². The highest BCUT2D eigenvalue weighted by Gasteiger charge is 2.50. The molecule has 12 aromatic carbocycles. The van der Waals surface area contributed by atoms with Crippen molar-refractivity contribution >= 4 is 22.7 Å². The third kappa shape index (κ3) is 17.4. The Labute approximate surface area is 718 Å². The highest BCUT2D eigenvalue weighted by molar-refractivity contribution is 5.89. The molecule has 2 aliphatic rings. The summed E-state index contributed by atoms with van der Waals surface area (Å²) in [5.41, 5.74) is 46.1. The number of hydrogen-bond acceptors (Lipinski definition) is 8. The molecule has 0 amide bonds. The van der Waals surface area contributed by atoms with Crippen molar-refractivity contribution in [2.75, 3.05) is 22.9 Å². The number of hydrogen-bond donors (Lipinski definition) is 4. The average Bonchev–Trinajstić information content (AvgIpc) is 1.53. The fourth-order valence-corrected chi connectivity index (χ4v) is 18.7. The first-order chi connectivity index (χ1) is 58.3. The number of rotatable bonds is 28. The molecule has 0 saturated carbocycles. The molecule has 0 unspecified atom stereocenters. The molecule has 0 radical (unpaired) electrons. The molecule has 0 atom stereocenters. The maximum absolute atomic E-state index is 14.4. The van der Waals surface area contributed by atoms with Crippen LogP contribution in [0.5, 0.6) is 46.0 Å².